The van der Waals surface area contributed by atoms with Crippen molar-refractivity contribution in [2.24, 2.45) is 0 Å². The van der Waals surface area contributed by atoms with Gasteiger partial charge in [0.2, 0.25) is 0 Å². The molecular weight excluding hydrogens is 196 g/mol. The van der Waals surface area contributed by atoms with Crippen molar-refractivity contribution in [3.05, 3.63) is 36.0 Å². The van der Waals surface area contributed by atoms with Gasteiger partial charge in [-0.25, -0.2) is 0 Å². The van der Waals surface area contributed by atoms with Gasteiger partial charge in [-0.3, -0.25) is 0 Å². The van der Waals surface area contributed by atoms with E-state index in [2.05, 4.69) is 39.3 Å². The largest absolute Gasteiger partial charge is 0.357 e. The van der Waals surface area contributed by atoms with Crippen molar-refractivity contribution in [1.29, 1.82) is 0 Å². The second-order valence-corrected chi connectivity index (χ2v) is 4.04. The van der Waals surface area contributed by atoms with E-state index in [1.807, 2.05) is 6.08 Å². The average molecular weight is 218 g/mol. The lowest BCUT2D eigenvalue weighted by molar-refractivity contribution is 0.148. The highest BCUT2D eigenvalue weighted by Crippen LogP contribution is 2.08. The number of allylic oxidation sites excluding steroid dienone is 3. The molecule has 1 atom stereocenters. The number of hydrogen-bond donors (Lipinski definition) is 0. The maximum absolute atomic E-state index is 5.39. The molecule has 0 aliphatic heterocycles. The molecule has 0 spiro atoms. The van der Waals surface area contributed by atoms with Gasteiger partial charge in [0.05, 0.1) is 6.61 Å². The minimum absolute atomic E-state index is 0.232. The summed E-state index contributed by atoms with van der Waals surface area (Å²) < 4.78 is 5.39. The first kappa shape index (κ1) is 14.7. The standard InChI is InChI=1S/C15H22O/c1-6-11-16-15(7-2)12-14(5)10-8-9-13(3)4/h2,6,9,12,15H,1,8,10-11H2,3-5H3/b14-12+. The van der Waals surface area contributed by atoms with Crippen molar-refractivity contribution < 1.29 is 4.74 Å². The molecule has 0 aliphatic rings. The highest BCUT2D eigenvalue weighted by atomic mass is 16.5. The number of ether oxygens (including phenoxy) is 1. The summed E-state index contributed by atoms with van der Waals surface area (Å²) in [6, 6.07) is 0. The SMILES string of the molecule is C#CC(/C=C(\C)CCC=C(C)C)OCC=C. The molecule has 88 valence electrons. The van der Waals surface area contributed by atoms with E-state index in [1.54, 1.807) is 6.08 Å². The van der Waals surface area contributed by atoms with Crippen molar-refractivity contribution in [3.63, 3.8) is 0 Å². The summed E-state index contributed by atoms with van der Waals surface area (Å²) in [5.74, 6) is 2.61. The van der Waals surface area contributed by atoms with Crippen molar-refractivity contribution in [2.75, 3.05) is 6.61 Å². The van der Waals surface area contributed by atoms with Crippen molar-refractivity contribution in [1.82, 2.24) is 0 Å². The van der Waals surface area contributed by atoms with Gasteiger partial charge in [-0.15, -0.1) is 13.0 Å². The fraction of sp³-hybridized carbons (Fsp3) is 0.467. The van der Waals surface area contributed by atoms with Crippen LogP contribution in [0.5, 0.6) is 0 Å². The summed E-state index contributed by atoms with van der Waals surface area (Å²) in [4.78, 5) is 0. The molecule has 0 heterocycles. The minimum Gasteiger partial charge on any atom is -0.357 e. The summed E-state index contributed by atoms with van der Waals surface area (Å²) in [6.45, 7) is 10.4. The molecule has 0 saturated carbocycles. The maximum atomic E-state index is 5.39. The molecule has 0 fully saturated rings. The van der Waals surface area contributed by atoms with E-state index in [0.29, 0.717) is 6.61 Å². The zero-order valence-electron chi connectivity index (χ0n) is 10.6. The second kappa shape index (κ2) is 9.00. The summed E-state index contributed by atoms with van der Waals surface area (Å²) in [5.41, 5.74) is 2.62. The van der Waals surface area contributed by atoms with Gasteiger partial charge in [0.1, 0.15) is 6.10 Å². The third-order valence-corrected chi connectivity index (χ3v) is 2.09. The zero-order valence-corrected chi connectivity index (χ0v) is 10.6. The smallest absolute Gasteiger partial charge is 0.136 e. The molecule has 0 amide bonds. The van der Waals surface area contributed by atoms with E-state index < -0.39 is 0 Å². The molecule has 0 bridgehead atoms. The molecular formula is C15H22O. The lowest BCUT2D eigenvalue weighted by Gasteiger charge is -2.07. The Morgan fingerprint density at radius 2 is 2.12 bits per heavy atom. The molecule has 0 aliphatic carbocycles. The Labute approximate surface area is 99.9 Å². The Morgan fingerprint density at radius 1 is 1.44 bits per heavy atom. The van der Waals surface area contributed by atoms with Crippen LogP contribution >= 0.6 is 0 Å². The van der Waals surface area contributed by atoms with Crippen LogP contribution in [0.2, 0.25) is 0 Å². The molecule has 0 saturated heterocycles. The van der Waals surface area contributed by atoms with Gasteiger partial charge in [-0.2, -0.15) is 0 Å². The quantitative estimate of drug-likeness (QED) is 0.465. The second-order valence-electron chi connectivity index (χ2n) is 4.04. The molecule has 1 nitrogen and oxygen atoms in total. The van der Waals surface area contributed by atoms with Gasteiger partial charge in [-0.1, -0.05) is 29.2 Å². The molecule has 0 N–H and O–H groups in total. The predicted molar refractivity (Wildman–Crippen MR) is 71.2 cm³/mol. The van der Waals surface area contributed by atoms with Gasteiger partial charge in [0.15, 0.2) is 0 Å². The van der Waals surface area contributed by atoms with Crippen LogP contribution in [0.3, 0.4) is 0 Å². The summed E-state index contributed by atoms with van der Waals surface area (Å²) in [7, 11) is 0. The number of rotatable bonds is 7. The topological polar surface area (TPSA) is 9.23 Å². The van der Waals surface area contributed by atoms with Crippen molar-refractivity contribution in [2.45, 2.75) is 39.7 Å². The van der Waals surface area contributed by atoms with Gasteiger partial charge in [0, 0.05) is 0 Å². The molecule has 16 heavy (non-hydrogen) atoms. The molecule has 0 rings (SSSR count). The fourth-order valence-corrected chi connectivity index (χ4v) is 1.25. The van der Waals surface area contributed by atoms with Crippen LogP contribution in [0.25, 0.3) is 0 Å². The van der Waals surface area contributed by atoms with Gasteiger partial charge in [-0.05, 0) is 39.7 Å². The molecule has 1 unspecified atom stereocenters. The van der Waals surface area contributed by atoms with E-state index in [0.717, 1.165) is 12.8 Å². The predicted octanol–water partition coefficient (Wildman–Crippen LogP) is 3.88. The lowest BCUT2D eigenvalue weighted by atomic mass is 10.1. The third kappa shape index (κ3) is 8.08. The number of hydrogen-bond acceptors (Lipinski definition) is 1. The lowest BCUT2D eigenvalue weighted by Crippen LogP contribution is -2.07. The van der Waals surface area contributed by atoms with Crippen LogP contribution < -0.4 is 0 Å². The minimum atomic E-state index is -0.232. The normalized spacial score (nSPS) is 12.8. The Hall–Kier alpha value is -1.26. The highest BCUT2D eigenvalue weighted by Gasteiger charge is 2.00. The van der Waals surface area contributed by atoms with E-state index >= 15 is 0 Å². The van der Waals surface area contributed by atoms with Crippen LogP contribution in [-0.2, 0) is 4.74 Å². The van der Waals surface area contributed by atoms with E-state index in [1.165, 1.54) is 11.1 Å². The zero-order chi connectivity index (χ0) is 12.4. The van der Waals surface area contributed by atoms with Crippen LogP contribution in [0.15, 0.2) is 36.0 Å². The van der Waals surface area contributed by atoms with Crippen LogP contribution in [0.4, 0.5) is 0 Å². The first-order valence-electron chi connectivity index (χ1n) is 5.59. The molecule has 0 radical (unpaired) electrons. The van der Waals surface area contributed by atoms with Crippen molar-refractivity contribution in [3.8, 4) is 12.3 Å². The Bertz CT molecular complexity index is 298. The van der Waals surface area contributed by atoms with Crippen molar-refractivity contribution >= 4 is 0 Å². The molecule has 0 aromatic carbocycles. The van der Waals surface area contributed by atoms with Crippen LogP contribution in [-0.4, -0.2) is 12.7 Å². The Morgan fingerprint density at radius 3 is 2.62 bits per heavy atom. The summed E-state index contributed by atoms with van der Waals surface area (Å²) in [5, 5.41) is 0. The first-order valence-corrected chi connectivity index (χ1v) is 5.59. The average Bonchev–Trinajstić information content (AvgIpc) is 2.23. The Balaban J connectivity index is 4.12. The van der Waals surface area contributed by atoms with E-state index in [4.69, 9.17) is 11.2 Å². The van der Waals surface area contributed by atoms with Gasteiger partial charge in [0.25, 0.3) is 0 Å². The van der Waals surface area contributed by atoms with Crippen LogP contribution in [0, 0.1) is 12.3 Å². The van der Waals surface area contributed by atoms with Gasteiger partial charge >= 0.3 is 0 Å². The van der Waals surface area contributed by atoms with Gasteiger partial charge < -0.3 is 4.74 Å². The highest BCUT2D eigenvalue weighted by molar-refractivity contribution is 5.13. The molecule has 0 aromatic rings. The third-order valence-electron chi connectivity index (χ3n) is 2.09. The van der Waals surface area contributed by atoms with Crippen LogP contribution in [0.1, 0.15) is 33.6 Å². The van der Waals surface area contributed by atoms with E-state index in [-0.39, 0.29) is 6.10 Å². The molecule has 0 aromatic heterocycles. The monoisotopic (exact) mass is 218 g/mol. The number of terminal acetylenes is 1. The molecule has 1 heteroatoms. The first-order chi connectivity index (χ1) is 7.60. The maximum Gasteiger partial charge on any atom is 0.136 e. The fourth-order valence-electron chi connectivity index (χ4n) is 1.25. The van der Waals surface area contributed by atoms with E-state index in [9.17, 15) is 0 Å². The summed E-state index contributed by atoms with van der Waals surface area (Å²) in [6.07, 6.45) is 13.2. The summed E-state index contributed by atoms with van der Waals surface area (Å²) >= 11 is 0. The Kier molecular flexibility index (Phi) is 8.29.